The van der Waals surface area contributed by atoms with Crippen LogP contribution in [0.3, 0.4) is 0 Å². The van der Waals surface area contributed by atoms with Gasteiger partial charge in [-0.1, -0.05) is 123 Å². The molecule has 38 heavy (non-hydrogen) atoms. The number of carbonyl (C=O) groups is 1. The Morgan fingerprint density at radius 2 is 1.16 bits per heavy atom. The summed E-state index contributed by atoms with van der Waals surface area (Å²) in [7, 11) is -4.24. The molecule has 8 nitrogen and oxygen atoms in total. The van der Waals surface area contributed by atoms with E-state index in [1.165, 1.54) is 89.9 Å². The van der Waals surface area contributed by atoms with Gasteiger partial charge in [-0.3, -0.25) is 13.8 Å². The Morgan fingerprint density at radius 1 is 0.684 bits per heavy atom. The van der Waals surface area contributed by atoms with Crippen molar-refractivity contribution in [3.05, 3.63) is 0 Å². The Hall–Kier alpha value is -0.500. The van der Waals surface area contributed by atoms with Gasteiger partial charge < -0.3 is 20.1 Å². The molecule has 0 bridgehead atoms. The van der Waals surface area contributed by atoms with Crippen molar-refractivity contribution in [1.82, 2.24) is 0 Å². The minimum Gasteiger partial charge on any atom is -0.457 e. The van der Waals surface area contributed by atoms with Gasteiger partial charge in [-0.15, -0.1) is 0 Å². The predicted molar refractivity (Wildman–Crippen MR) is 155 cm³/mol. The molecule has 0 aromatic heterocycles. The van der Waals surface area contributed by atoms with E-state index >= 15 is 0 Å². The van der Waals surface area contributed by atoms with E-state index in [9.17, 15) is 14.3 Å². The number of carbonyl (C=O) groups excluding carboxylic acids is 1. The predicted octanol–water partition coefficient (Wildman–Crippen LogP) is 7.85. The molecule has 0 aromatic rings. The first-order valence-electron chi connectivity index (χ1n) is 15.5. The monoisotopic (exact) mass is 565 g/mol. The zero-order valence-electron chi connectivity index (χ0n) is 24.7. The van der Waals surface area contributed by atoms with Crippen LogP contribution in [0, 0.1) is 0 Å². The molecular formula is C29H60NO7P. The average molecular weight is 566 g/mol. The molecule has 0 aromatic carbocycles. The Labute approximate surface area is 233 Å². The number of phosphoric acid groups is 1. The minimum atomic E-state index is -4.24. The zero-order chi connectivity index (χ0) is 28.2. The molecule has 3 N–H and O–H groups in total. The van der Waals surface area contributed by atoms with Gasteiger partial charge in [0.05, 0.1) is 19.8 Å². The summed E-state index contributed by atoms with van der Waals surface area (Å²) in [6.45, 7) is 4.87. The van der Waals surface area contributed by atoms with Crippen molar-refractivity contribution >= 4 is 13.8 Å². The summed E-state index contributed by atoms with van der Waals surface area (Å²) >= 11 is 0. The highest BCUT2D eigenvalue weighted by Gasteiger charge is 2.25. The molecule has 228 valence electrons. The molecule has 0 radical (unpaired) electrons. The quantitative estimate of drug-likeness (QED) is 0.0514. The third-order valence-electron chi connectivity index (χ3n) is 6.52. The van der Waals surface area contributed by atoms with Gasteiger partial charge in [0.1, 0.15) is 6.10 Å². The van der Waals surface area contributed by atoms with E-state index in [1.807, 2.05) is 0 Å². The van der Waals surface area contributed by atoms with Gasteiger partial charge in [0.2, 0.25) is 0 Å². The van der Waals surface area contributed by atoms with Gasteiger partial charge in [-0.2, -0.15) is 0 Å². The van der Waals surface area contributed by atoms with Gasteiger partial charge in [0, 0.05) is 19.6 Å². The molecule has 0 saturated carbocycles. The fourth-order valence-corrected chi connectivity index (χ4v) is 5.00. The van der Waals surface area contributed by atoms with Crippen LogP contribution in [0.25, 0.3) is 0 Å². The zero-order valence-corrected chi connectivity index (χ0v) is 25.6. The fraction of sp³-hybridized carbons (Fsp3) is 0.966. The van der Waals surface area contributed by atoms with E-state index in [4.69, 9.17) is 24.3 Å². The number of ether oxygens (including phenoxy) is 2. The first kappa shape index (κ1) is 37.5. The molecule has 9 heteroatoms. The van der Waals surface area contributed by atoms with Crippen molar-refractivity contribution in [2.75, 3.05) is 33.0 Å². The third kappa shape index (κ3) is 27.1. The number of rotatable bonds is 30. The van der Waals surface area contributed by atoms with Crippen LogP contribution < -0.4 is 5.73 Å². The van der Waals surface area contributed by atoms with Gasteiger partial charge in [-0.25, -0.2) is 4.57 Å². The number of esters is 1. The van der Waals surface area contributed by atoms with Crippen molar-refractivity contribution < 1.29 is 32.8 Å². The highest BCUT2D eigenvalue weighted by Crippen LogP contribution is 2.43. The molecule has 0 aliphatic rings. The van der Waals surface area contributed by atoms with E-state index in [2.05, 4.69) is 13.8 Å². The summed E-state index contributed by atoms with van der Waals surface area (Å²) < 4.78 is 32.9. The summed E-state index contributed by atoms with van der Waals surface area (Å²) in [4.78, 5) is 22.1. The van der Waals surface area contributed by atoms with Crippen LogP contribution in [0.2, 0.25) is 0 Å². The van der Waals surface area contributed by atoms with Gasteiger partial charge in [0.25, 0.3) is 0 Å². The molecule has 2 unspecified atom stereocenters. The second kappa shape index (κ2) is 28.0. The summed E-state index contributed by atoms with van der Waals surface area (Å²) in [5, 5.41) is 0. The third-order valence-corrected chi connectivity index (χ3v) is 7.51. The van der Waals surface area contributed by atoms with Crippen molar-refractivity contribution in [1.29, 1.82) is 0 Å². The van der Waals surface area contributed by atoms with E-state index in [1.54, 1.807) is 0 Å². The van der Waals surface area contributed by atoms with Crippen molar-refractivity contribution in [3.63, 3.8) is 0 Å². The van der Waals surface area contributed by atoms with Gasteiger partial charge in [-0.05, 0) is 12.8 Å². The largest absolute Gasteiger partial charge is 0.472 e. The Kier molecular flexibility index (Phi) is 27.7. The van der Waals surface area contributed by atoms with Crippen molar-refractivity contribution in [2.24, 2.45) is 5.73 Å². The molecule has 0 fully saturated rings. The Bertz CT molecular complexity index is 565. The fourth-order valence-electron chi connectivity index (χ4n) is 4.23. The number of hydrogen-bond donors (Lipinski definition) is 2. The van der Waals surface area contributed by atoms with Crippen LogP contribution in [0.1, 0.15) is 142 Å². The van der Waals surface area contributed by atoms with Crippen molar-refractivity contribution in [2.45, 2.75) is 148 Å². The Morgan fingerprint density at radius 3 is 1.66 bits per heavy atom. The summed E-state index contributed by atoms with van der Waals surface area (Å²) in [5.41, 5.74) is 5.31. The molecular weight excluding hydrogens is 505 g/mol. The maximum atomic E-state index is 12.4. The second-order valence-corrected chi connectivity index (χ2v) is 11.8. The molecule has 0 heterocycles. The highest BCUT2D eigenvalue weighted by molar-refractivity contribution is 7.47. The molecule has 0 rings (SSSR count). The van der Waals surface area contributed by atoms with Crippen LogP contribution in [-0.4, -0.2) is 49.9 Å². The van der Waals surface area contributed by atoms with E-state index in [0.29, 0.717) is 13.0 Å². The highest BCUT2D eigenvalue weighted by atomic mass is 31.2. The molecule has 0 saturated heterocycles. The maximum Gasteiger partial charge on any atom is 0.472 e. The first-order chi connectivity index (χ1) is 18.4. The van der Waals surface area contributed by atoms with Crippen LogP contribution in [0.15, 0.2) is 0 Å². The average Bonchev–Trinajstić information content (AvgIpc) is 2.90. The summed E-state index contributed by atoms with van der Waals surface area (Å²) in [6.07, 6.45) is 22.7. The molecule has 0 spiro atoms. The van der Waals surface area contributed by atoms with Gasteiger partial charge >= 0.3 is 13.8 Å². The lowest BCUT2D eigenvalue weighted by atomic mass is 10.0. The van der Waals surface area contributed by atoms with Crippen LogP contribution in [0.5, 0.6) is 0 Å². The Balaban J connectivity index is 4.09. The molecule has 2 atom stereocenters. The number of unbranched alkanes of at least 4 members (excludes halogenated alkanes) is 17. The lowest BCUT2D eigenvalue weighted by Gasteiger charge is -2.20. The van der Waals surface area contributed by atoms with E-state index in [0.717, 1.165) is 32.1 Å². The maximum absolute atomic E-state index is 12.4. The number of phosphoric ester groups is 1. The van der Waals surface area contributed by atoms with Gasteiger partial charge in [0.15, 0.2) is 0 Å². The lowest BCUT2D eigenvalue weighted by Crippen LogP contribution is -2.28. The topological polar surface area (TPSA) is 117 Å². The smallest absolute Gasteiger partial charge is 0.457 e. The van der Waals surface area contributed by atoms with Crippen LogP contribution in [-0.2, 0) is 27.9 Å². The molecule has 0 aliphatic carbocycles. The molecule has 0 aliphatic heterocycles. The minimum absolute atomic E-state index is 0.0915. The summed E-state index contributed by atoms with van der Waals surface area (Å²) in [5.74, 6) is -0.333. The normalized spacial score (nSPS) is 13.9. The van der Waals surface area contributed by atoms with E-state index < -0.39 is 13.9 Å². The van der Waals surface area contributed by atoms with Crippen molar-refractivity contribution in [3.8, 4) is 0 Å². The van der Waals surface area contributed by atoms with E-state index in [-0.39, 0.29) is 32.3 Å². The summed E-state index contributed by atoms with van der Waals surface area (Å²) in [6, 6.07) is 0. The number of nitrogens with two attached hydrogens (primary N) is 1. The standard InChI is InChI=1S/C29H60NO7P/c1-3-5-7-9-11-12-13-14-15-16-17-18-20-22-29(31)37-28(27-36-38(32,33)35-25-23-30)26-34-24-21-19-10-8-6-4-2/h28H,3-27,30H2,1-2H3,(H,32,33). The first-order valence-corrected chi connectivity index (χ1v) is 17.0. The number of hydrogen-bond acceptors (Lipinski definition) is 7. The van der Waals surface area contributed by atoms with Crippen LogP contribution >= 0.6 is 7.82 Å². The van der Waals surface area contributed by atoms with Crippen LogP contribution in [0.4, 0.5) is 0 Å². The lowest BCUT2D eigenvalue weighted by molar-refractivity contribution is -0.154. The second-order valence-electron chi connectivity index (χ2n) is 10.3. The molecule has 0 amide bonds. The SMILES string of the molecule is CCCCCCCCCCCCCCCC(=O)OC(COCCCCCCCC)COP(=O)(O)OCCN.